The fourth-order valence-electron chi connectivity index (χ4n) is 0.255. The number of thioether (sulfide) groups is 1. The number of esters is 2. The fraction of sp³-hybridized carbons (Fsp3) is 0.625. The number of nitriles is 1. The molecule has 0 rings (SSSR count). The van der Waals surface area contributed by atoms with Gasteiger partial charge in [-0.2, -0.15) is 5.26 Å². The van der Waals surface area contributed by atoms with E-state index in [0.717, 1.165) is 0 Å². The molecule has 0 amide bonds. The zero-order chi connectivity index (χ0) is 10.9. The van der Waals surface area contributed by atoms with Crippen molar-refractivity contribution in [3.05, 3.63) is 0 Å². The van der Waals surface area contributed by atoms with E-state index >= 15 is 0 Å². The molecule has 0 N–H and O–H groups in total. The van der Waals surface area contributed by atoms with E-state index in [2.05, 4.69) is 10.8 Å². The first-order valence-corrected chi connectivity index (χ1v) is 4.84. The zero-order valence-corrected chi connectivity index (χ0v) is 8.97. The highest BCUT2D eigenvalue weighted by Gasteiger charge is 1.93. The van der Waals surface area contributed by atoms with E-state index in [1.807, 2.05) is 13.2 Å². The van der Waals surface area contributed by atoms with Crippen molar-refractivity contribution >= 4 is 23.7 Å². The topological polar surface area (TPSA) is 67.2 Å². The van der Waals surface area contributed by atoms with Gasteiger partial charge in [0.05, 0.1) is 11.3 Å². The number of hydrogen-bond donors (Lipinski definition) is 0. The normalized spacial score (nSPS) is 10.1. The Morgan fingerprint density at radius 3 is 1.77 bits per heavy atom. The highest BCUT2D eigenvalue weighted by Crippen LogP contribution is 2.00. The molecule has 4 nitrogen and oxygen atoms in total. The van der Waals surface area contributed by atoms with Crippen LogP contribution in [0.4, 0.5) is 0 Å². The van der Waals surface area contributed by atoms with Crippen molar-refractivity contribution in [3.63, 3.8) is 0 Å². The van der Waals surface area contributed by atoms with Crippen LogP contribution < -0.4 is 0 Å². The summed E-state index contributed by atoms with van der Waals surface area (Å²) in [5.41, 5.74) is 0. The van der Waals surface area contributed by atoms with Crippen LogP contribution in [0.1, 0.15) is 20.8 Å². The van der Waals surface area contributed by atoms with Gasteiger partial charge in [-0.3, -0.25) is 9.59 Å². The van der Waals surface area contributed by atoms with Gasteiger partial charge in [0.25, 0.3) is 0 Å². The Morgan fingerprint density at radius 1 is 1.38 bits per heavy atom. The molecule has 1 atom stereocenters. The molecule has 0 aromatic heterocycles. The quantitative estimate of drug-likeness (QED) is 0.475. The largest absolute Gasteiger partial charge is 0.394 e. The second-order valence-electron chi connectivity index (χ2n) is 2.09. The van der Waals surface area contributed by atoms with Gasteiger partial charge in [0.2, 0.25) is 0 Å². The van der Waals surface area contributed by atoms with Gasteiger partial charge in [-0.05, 0) is 13.2 Å². The number of carbonyl (C=O) groups is 2. The van der Waals surface area contributed by atoms with E-state index in [-0.39, 0.29) is 5.25 Å². The number of carbonyl (C=O) groups excluding carboxylic acids is 2. The average molecular weight is 203 g/mol. The predicted molar refractivity (Wildman–Crippen MR) is 51.0 cm³/mol. The van der Waals surface area contributed by atoms with Gasteiger partial charge < -0.3 is 4.74 Å². The Balaban J connectivity index is 0. The molecule has 0 aliphatic carbocycles. The van der Waals surface area contributed by atoms with Gasteiger partial charge in [-0.15, -0.1) is 11.8 Å². The van der Waals surface area contributed by atoms with Crippen molar-refractivity contribution in [1.82, 2.24) is 0 Å². The maximum atomic E-state index is 9.81. The minimum atomic E-state index is -0.562. The Kier molecular flexibility index (Phi) is 10.1. The van der Waals surface area contributed by atoms with Crippen LogP contribution in [-0.2, 0) is 14.3 Å². The molecule has 0 fully saturated rings. The smallest absolute Gasteiger partial charge is 0.310 e. The molecule has 0 aromatic rings. The number of hydrogen-bond acceptors (Lipinski definition) is 5. The van der Waals surface area contributed by atoms with Crippen LogP contribution in [0, 0.1) is 11.3 Å². The molecule has 0 radical (unpaired) electrons. The van der Waals surface area contributed by atoms with Crippen LogP contribution in [0.5, 0.6) is 0 Å². The lowest BCUT2D eigenvalue weighted by Crippen LogP contribution is -2.03. The first-order chi connectivity index (χ1) is 5.93. The van der Waals surface area contributed by atoms with Crippen molar-refractivity contribution in [2.75, 3.05) is 6.26 Å². The van der Waals surface area contributed by atoms with Crippen LogP contribution in [0.2, 0.25) is 0 Å². The molecule has 0 saturated heterocycles. The summed E-state index contributed by atoms with van der Waals surface area (Å²) in [5, 5.41) is 8.22. The third-order valence-corrected chi connectivity index (χ3v) is 1.64. The van der Waals surface area contributed by atoms with Crippen molar-refractivity contribution in [1.29, 1.82) is 5.26 Å². The molecule has 74 valence electrons. The second kappa shape index (κ2) is 9.07. The van der Waals surface area contributed by atoms with E-state index < -0.39 is 11.9 Å². The molecule has 0 aromatic carbocycles. The van der Waals surface area contributed by atoms with Crippen LogP contribution in [0.15, 0.2) is 0 Å². The van der Waals surface area contributed by atoms with E-state index in [1.165, 1.54) is 13.8 Å². The number of rotatable bonds is 1. The van der Waals surface area contributed by atoms with E-state index in [0.29, 0.717) is 0 Å². The predicted octanol–water partition coefficient (Wildman–Crippen LogP) is 1.36. The zero-order valence-electron chi connectivity index (χ0n) is 8.16. The Hall–Kier alpha value is -1.02. The minimum Gasteiger partial charge on any atom is -0.394 e. The molecule has 0 aliphatic rings. The third-order valence-electron chi connectivity index (χ3n) is 0.823. The van der Waals surface area contributed by atoms with Gasteiger partial charge in [0.1, 0.15) is 0 Å². The van der Waals surface area contributed by atoms with Gasteiger partial charge in [-0.1, -0.05) is 0 Å². The molecular formula is C8H13NO3S. The lowest BCUT2D eigenvalue weighted by Gasteiger charge is -1.87. The highest BCUT2D eigenvalue weighted by molar-refractivity contribution is 7.99. The van der Waals surface area contributed by atoms with E-state index in [1.54, 1.807) is 11.8 Å². The maximum absolute atomic E-state index is 9.81. The van der Waals surface area contributed by atoms with Gasteiger partial charge >= 0.3 is 11.9 Å². The monoisotopic (exact) mass is 203 g/mol. The Morgan fingerprint density at radius 2 is 1.77 bits per heavy atom. The fourth-order valence-corrected chi connectivity index (χ4v) is 0.361. The summed E-state index contributed by atoms with van der Waals surface area (Å²) in [6.45, 7) is 4.24. The summed E-state index contributed by atoms with van der Waals surface area (Å²) in [4.78, 5) is 19.6. The van der Waals surface area contributed by atoms with Crippen LogP contribution in [0.3, 0.4) is 0 Å². The van der Waals surface area contributed by atoms with Crippen molar-refractivity contribution in [3.8, 4) is 6.07 Å². The highest BCUT2D eigenvalue weighted by atomic mass is 32.2. The lowest BCUT2D eigenvalue weighted by atomic mass is 10.5. The molecule has 0 heterocycles. The summed E-state index contributed by atoms with van der Waals surface area (Å²) in [6, 6.07) is 2.08. The van der Waals surface area contributed by atoms with Crippen molar-refractivity contribution in [2.45, 2.75) is 26.0 Å². The first kappa shape index (κ1) is 14.5. The summed E-state index contributed by atoms with van der Waals surface area (Å²) < 4.78 is 3.97. The van der Waals surface area contributed by atoms with Crippen LogP contribution >= 0.6 is 11.8 Å². The molecule has 5 heteroatoms. The summed E-state index contributed by atoms with van der Waals surface area (Å²) in [5.74, 6) is -1.12. The third kappa shape index (κ3) is 18.2. The van der Waals surface area contributed by atoms with Gasteiger partial charge in [-0.25, -0.2) is 0 Å². The standard InChI is InChI=1S/C4H7NS.C4H6O3/c1-4(3-5)6-2;1-3(5)7-4(2)6/h4H,1-2H3;1-2H3. The van der Waals surface area contributed by atoms with Crippen LogP contribution in [-0.4, -0.2) is 23.4 Å². The van der Waals surface area contributed by atoms with Crippen LogP contribution in [0.25, 0.3) is 0 Å². The lowest BCUT2D eigenvalue weighted by molar-refractivity contribution is -0.156. The molecular weight excluding hydrogens is 190 g/mol. The van der Waals surface area contributed by atoms with Gasteiger partial charge in [0, 0.05) is 13.8 Å². The summed E-state index contributed by atoms with van der Waals surface area (Å²) in [6.07, 6.45) is 1.92. The molecule has 1 unspecified atom stereocenters. The van der Waals surface area contributed by atoms with Crippen molar-refractivity contribution < 1.29 is 14.3 Å². The molecule has 0 bridgehead atoms. The van der Waals surface area contributed by atoms with Crippen molar-refractivity contribution in [2.24, 2.45) is 0 Å². The summed E-state index contributed by atoms with van der Waals surface area (Å²) in [7, 11) is 0. The molecule has 13 heavy (non-hydrogen) atoms. The minimum absolute atomic E-state index is 0.157. The Bertz CT molecular complexity index is 198. The second-order valence-corrected chi connectivity index (χ2v) is 3.27. The Labute approximate surface area is 82.3 Å². The summed E-state index contributed by atoms with van der Waals surface area (Å²) >= 11 is 1.56. The number of ether oxygens (including phenoxy) is 1. The SMILES string of the molecule is CC(=O)OC(C)=O.CSC(C)C#N. The maximum Gasteiger partial charge on any atom is 0.310 e. The van der Waals surface area contributed by atoms with E-state index in [9.17, 15) is 9.59 Å². The molecule has 0 spiro atoms. The van der Waals surface area contributed by atoms with E-state index in [4.69, 9.17) is 5.26 Å². The average Bonchev–Trinajstić information content (AvgIpc) is 2.01. The first-order valence-electron chi connectivity index (χ1n) is 3.55. The molecule has 0 saturated carbocycles. The molecule has 0 aliphatic heterocycles. The van der Waals surface area contributed by atoms with Gasteiger partial charge in [0.15, 0.2) is 0 Å². The number of nitrogens with zero attached hydrogens (tertiary/aromatic N) is 1.